The van der Waals surface area contributed by atoms with Crippen LogP contribution in [0.15, 0.2) is 0 Å². The normalized spacial score (nSPS) is 41.8. The molecule has 0 aromatic rings. The summed E-state index contributed by atoms with van der Waals surface area (Å²) in [5.41, 5.74) is -0.442. The molecule has 2 rings (SSSR count). The molecule has 1 aliphatic heterocycles. The number of esters is 1. The molecule has 1 aliphatic carbocycles. The Hall–Kier alpha value is -1.06. The van der Waals surface area contributed by atoms with Crippen LogP contribution in [0.3, 0.4) is 0 Å². The summed E-state index contributed by atoms with van der Waals surface area (Å²) in [4.78, 5) is 22.0. The minimum atomic E-state index is -0.373. The lowest BCUT2D eigenvalue weighted by molar-refractivity contribution is -0.171. The molecule has 1 saturated carbocycles. The number of amides is 1. The molecule has 0 aromatic carbocycles. The molecule has 0 bridgehead atoms. The second kappa shape index (κ2) is 2.25. The first kappa shape index (κ1) is 8.53. The van der Waals surface area contributed by atoms with Crippen molar-refractivity contribution in [1.29, 1.82) is 0 Å². The number of rotatable bonds is 1. The Morgan fingerprint density at radius 1 is 1.54 bits per heavy atom. The summed E-state index contributed by atoms with van der Waals surface area (Å²) in [6.45, 7) is 1.88. The van der Waals surface area contributed by atoms with Gasteiger partial charge in [0.05, 0.1) is 18.1 Å². The van der Waals surface area contributed by atoms with Gasteiger partial charge in [-0.2, -0.15) is 0 Å². The lowest BCUT2D eigenvalue weighted by Gasteiger charge is -2.57. The summed E-state index contributed by atoms with van der Waals surface area (Å²) in [5.74, 6) is -0.0776. The van der Waals surface area contributed by atoms with Gasteiger partial charge in [-0.25, -0.2) is 0 Å². The Labute approximate surface area is 76.6 Å². The molecule has 0 aromatic heterocycles. The van der Waals surface area contributed by atoms with Gasteiger partial charge in [0, 0.05) is 6.42 Å². The average Bonchev–Trinajstić information content (AvgIpc) is 1.97. The van der Waals surface area contributed by atoms with E-state index in [9.17, 15) is 9.59 Å². The molecule has 0 radical (unpaired) electrons. The zero-order valence-electron chi connectivity index (χ0n) is 7.85. The SMILES string of the molecule is COC(=O)C1(C)CC2(CC(=O)N2)C1. The number of nitrogens with one attached hydrogen (secondary N) is 1. The minimum Gasteiger partial charge on any atom is -0.469 e. The maximum absolute atomic E-state index is 11.3. The predicted octanol–water partition coefficient (Wildman–Crippen LogP) is 0.218. The van der Waals surface area contributed by atoms with Gasteiger partial charge in [0.25, 0.3) is 0 Å². The van der Waals surface area contributed by atoms with E-state index in [2.05, 4.69) is 5.32 Å². The Bertz CT molecular complexity index is 269. The molecule has 1 amide bonds. The number of hydrogen-bond donors (Lipinski definition) is 1. The maximum Gasteiger partial charge on any atom is 0.311 e. The van der Waals surface area contributed by atoms with E-state index in [4.69, 9.17) is 4.74 Å². The number of methoxy groups -OCH3 is 1. The number of carbonyl (C=O) groups is 2. The molecule has 1 heterocycles. The van der Waals surface area contributed by atoms with E-state index in [1.54, 1.807) is 0 Å². The topological polar surface area (TPSA) is 55.4 Å². The summed E-state index contributed by atoms with van der Waals surface area (Å²) >= 11 is 0. The van der Waals surface area contributed by atoms with E-state index >= 15 is 0 Å². The monoisotopic (exact) mass is 183 g/mol. The Morgan fingerprint density at radius 2 is 2.08 bits per heavy atom. The van der Waals surface area contributed by atoms with Crippen LogP contribution in [-0.2, 0) is 14.3 Å². The third-order valence-corrected chi connectivity index (χ3v) is 3.04. The summed E-state index contributed by atoms with van der Waals surface area (Å²) in [6, 6.07) is 0. The van der Waals surface area contributed by atoms with Crippen molar-refractivity contribution in [3.63, 3.8) is 0 Å². The molecular formula is C9H13NO3. The summed E-state index contributed by atoms with van der Waals surface area (Å²) in [5, 5.41) is 2.84. The fourth-order valence-corrected chi connectivity index (χ4v) is 2.63. The van der Waals surface area contributed by atoms with Gasteiger partial charge in [0.1, 0.15) is 0 Å². The van der Waals surface area contributed by atoms with Crippen LogP contribution in [0.4, 0.5) is 0 Å². The fourth-order valence-electron chi connectivity index (χ4n) is 2.63. The highest BCUT2D eigenvalue weighted by Gasteiger charge is 2.61. The highest BCUT2D eigenvalue weighted by atomic mass is 16.5. The van der Waals surface area contributed by atoms with Crippen LogP contribution in [0.1, 0.15) is 26.2 Å². The average molecular weight is 183 g/mol. The van der Waals surface area contributed by atoms with E-state index in [-0.39, 0.29) is 22.8 Å². The van der Waals surface area contributed by atoms with Crippen molar-refractivity contribution in [3.05, 3.63) is 0 Å². The Kier molecular flexibility index (Phi) is 1.47. The number of hydrogen-bond acceptors (Lipinski definition) is 3. The van der Waals surface area contributed by atoms with Gasteiger partial charge in [-0.05, 0) is 19.8 Å². The van der Waals surface area contributed by atoms with Gasteiger partial charge >= 0.3 is 5.97 Å². The van der Waals surface area contributed by atoms with E-state index in [0.717, 1.165) is 12.8 Å². The van der Waals surface area contributed by atoms with Crippen molar-refractivity contribution in [3.8, 4) is 0 Å². The molecule has 0 unspecified atom stereocenters. The number of ether oxygens (including phenoxy) is 1. The fraction of sp³-hybridized carbons (Fsp3) is 0.778. The first-order chi connectivity index (χ1) is 6.00. The van der Waals surface area contributed by atoms with Crippen LogP contribution >= 0.6 is 0 Å². The van der Waals surface area contributed by atoms with Gasteiger partial charge < -0.3 is 10.1 Å². The van der Waals surface area contributed by atoms with Crippen molar-refractivity contribution in [2.24, 2.45) is 5.41 Å². The van der Waals surface area contributed by atoms with Crippen LogP contribution in [0.2, 0.25) is 0 Å². The zero-order chi connectivity index (χ0) is 9.69. The van der Waals surface area contributed by atoms with E-state index in [1.807, 2.05) is 6.92 Å². The van der Waals surface area contributed by atoms with Gasteiger partial charge in [0.2, 0.25) is 5.91 Å². The molecule has 1 N–H and O–H groups in total. The van der Waals surface area contributed by atoms with Crippen molar-refractivity contribution in [2.45, 2.75) is 31.7 Å². The molecule has 0 atom stereocenters. The van der Waals surface area contributed by atoms with Crippen LogP contribution in [0.25, 0.3) is 0 Å². The highest BCUT2D eigenvalue weighted by Crippen LogP contribution is 2.53. The molecule has 2 aliphatic rings. The molecule has 1 saturated heterocycles. The highest BCUT2D eigenvalue weighted by molar-refractivity contribution is 5.88. The summed E-state index contributed by atoms with van der Waals surface area (Å²) in [6.07, 6.45) is 2.01. The van der Waals surface area contributed by atoms with Crippen LogP contribution in [-0.4, -0.2) is 24.5 Å². The van der Waals surface area contributed by atoms with E-state index in [0.29, 0.717) is 6.42 Å². The number of carbonyl (C=O) groups excluding carboxylic acids is 2. The molecule has 2 fully saturated rings. The Morgan fingerprint density at radius 3 is 2.46 bits per heavy atom. The number of β-lactam (4-membered cyclic amide) rings is 1. The molecule has 72 valence electrons. The smallest absolute Gasteiger partial charge is 0.311 e. The first-order valence-electron chi connectivity index (χ1n) is 4.39. The van der Waals surface area contributed by atoms with Crippen LogP contribution < -0.4 is 5.32 Å². The van der Waals surface area contributed by atoms with Gasteiger partial charge in [0.15, 0.2) is 0 Å². The second-order valence-electron chi connectivity index (χ2n) is 4.41. The quantitative estimate of drug-likeness (QED) is 0.467. The molecule has 4 nitrogen and oxygen atoms in total. The van der Waals surface area contributed by atoms with Crippen molar-refractivity contribution in [2.75, 3.05) is 7.11 Å². The van der Waals surface area contributed by atoms with Crippen molar-refractivity contribution in [1.82, 2.24) is 5.32 Å². The lowest BCUT2D eigenvalue weighted by Crippen LogP contribution is -2.71. The van der Waals surface area contributed by atoms with E-state index in [1.165, 1.54) is 7.11 Å². The van der Waals surface area contributed by atoms with Crippen LogP contribution in [0, 0.1) is 5.41 Å². The lowest BCUT2D eigenvalue weighted by atomic mass is 9.54. The molecular weight excluding hydrogens is 170 g/mol. The second-order valence-corrected chi connectivity index (χ2v) is 4.41. The summed E-state index contributed by atoms with van der Waals surface area (Å²) in [7, 11) is 1.40. The molecule has 4 heteroatoms. The van der Waals surface area contributed by atoms with Gasteiger partial charge in [-0.3, -0.25) is 9.59 Å². The van der Waals surface area contributed by atoms with Crippen LogP contribution in [0.5, 0.6) is 0 Å². The van der Waals surface area contributed by atoms with E-state index < -0.39 is 0 Å². The largest absolute Gasteiger partial charge is 0.469 e. The minimum absolute atomic E-state index is 0.0694. The van der Waals surface area contributed by atoms with Crippen molar-refractivity contribution < 1.29 is 14.3 Å². The standard InChI is InChI=1S/C9H13NO3/c1-8(7(12)13-2)4-9(5-8)3-6(11)10-9/h3-5H2,1-2H3,(H,10,11). The summed E-state index contributed by atoms with van der Waals surface area (Å²) < 4.78 is 4.69. The van der Waals surface area contributed by atoms with Gasteiger partial charge in [-0.1, -0.05) is 0 Å². The maximum atomic E-state index is 11.3. The zero-order valence-corrected chi connectivity index (χ0v) is 7.85. The third kappa shape index (κ3) is 1.04. The third-order valence-electron chi connectivity index (χ3n) is 3.04. The van der Waals surface area contributed by atoms with Crippen molar-refractivity contribution >= 4 is 11.9 Å². The molecule has 13 heavy (non-hydrogen) atoms. The Balaban J connectivity index is 1.96. The molecule has 1 spiro atoms. The van der Waals surface area contributed by atoms with Gasteiger partial charge in [-0.15, -0.1) is 0 Å². The predicted molar refractivity (Wildman–Crippen MR) is 44.8 cm³/mol. The first-order valence-corrected chi connectivity index (χ1v) is 4.39.